The first-order valence-electron chi connectivity index (χ1n) is 4.49. The molecule has 1 N–H and O–H groups in total. The molecule has 1 atom stereocenters. The summed E-state index contributed by atoms with van der Waals surface area (Å²) in [5.74, 6) is 0. The lowest BCUT2D eigenvalue weighted by Crippen LogP contribution is -2.27. The molecule has 0 aromatic rings. The van der Waals surface area contributed by atoms with Crippen molar-refractivity contribution in [2.45, 2.75) is 33.2 Å². The van der Waals surface area contributed by atoms with E-state index in [0.29, 0.717) is 6.04 Å². The number of hydrogen-bond acceptors (Lipinski definition) is 2. The third kappa shape index (κ3) is 9.92. The van der Waals surface area contributed by atoms with Crippen molar-refractivity contribution in [1.82, 2.24) is 10.2 Å². The first-order chi connectivity index (χ1) is 5.18. The third-order valence-electron chi connectivity index (χ3n) is 1.69. The highest BCUT2D eigenvalue weighted by atomic mass is 15.1. The van der Waals surface area contributed by atoms with E-state index in [0.717, 1.165) is 6.54 Å². The Morgan fingerprint density at radius 2 is 1.73 bits per heavy atom. The van der Waals surface area contributed by atoms with Crippen molar-refractivity contribution in [1.29, 1.82) is 0 Å². The standard InChI is InChI=1S/C7H18N2.C2H6/c1-7(9(3)4)5-6-8-2;1-2/h7-8H,5-6H2,1-4H3;1-2H3. The zero-order chi connectivity index (χ0) is 9.28. The summed E-state index contributed by atoms with van der Waals surface area (Å²) < 4.78 is 0. The zero-order valence-corrected chi connectivity index (χ0v) is 8.94. The molecule has 2 heteroatoms. The van der Waals surface area contributed by atoms with Crippen molar-refractivity contribution in [3.63, 3.8) is 0 Å². The summed E-state index contributed by atoms with van der Waals surface area (Å²) in [4.78, 5) is 2.23. The molecule has 70 valence electrons. The van der Waals surface area contributed by atoms with Crippen LogP contribution in [0.4, 0.5) is 0 Å². The van der Waals surface area contributed by atoms with Crippen molar-refractivity contribution in [2.75, 3.05) is 27.7 Å². The lowest BCUT2D eigenvalue weighted by molar-refractivity contribution is 0.297. The Bertz CT molecular complexity index is 62.6. The highest BCUT2D eigenvalue weighted by Crippen LogP contribution is 1.94. The Hall–Kier alpha value is -0.0800. The Morgan fingerprint density at radius 1 is 1.27 bits per heavy atom. The van der Waals surface area contributed by atoms with Crippen LogP contribution in [0.15, 0.2) is 0 Å². The predicted octanol–water partition coefficient (Wildman–Crippen LogP) is 1.57. The van der Waals surface area contributed by atoms with Gasteiger partial charge in [-0.3, -0.25) is 0 Å². The van der Waals surface area contributed by atoms with Crippen LogP contribution in [0.5, 0.6) is 0 Å². The molecule has 0 spiro atoms. The lowest BCUT2D eigenvalue weighted by atomic mass is 10.2. The van der Waals surface area contributed by atoms with Crippen LogP contribution in [-0.2, 0) is 0 Å². The number of hydrogen-bond donors (Lipinski definition) is 1. The Morgan fingerprint density at radius 3 is 2.00 bits per heavy atom. The number of nitrogens with one attached hydrogen (secondary N) is 1. The molecule has 0 bridgehead atoms. The summed E-state index contributed by atoms with van der Waals surface area (Å²) in [6, 6.07) is 0.692. The molecule has 0 rings (SSSR count). The topological polar surface area (TPSA) is 15.3 Å². The van der Waals surface area contributed by atoms with Gasteiger partial charge in [0.05, 0.1) is 0 Å². The van der Waals surface area contributed by atoms with Crippen molar-refractivity contribution in [3.8, 4) is 0 Å². The summed E-state index contributed by atoms with van der Waals surface area (Å²) in [6.45, 7) is 7.34. The van der Waals surface area contributed by atoms with E-state index in [1.165, 1.54) is 6.42 Å². The molecule has 0 aromatic heterocycles. The molecule has 0 fully saturated rings. The van der Waals surface area contributed by atoms with Gasteiger partial charge in [-0.1, -0.05) is 13.8 Å². The highest BCUT2D eigenvalue weighted by Gasteiger charge is 2.01. The van der Waals surface area contributed by atoms with Gasteiger partial charge in [-0.25, -0.2) is 0 Å². The molecule has 0 saturated heterocycles. The maximum Gasteiger partial charge on any atom is 0.00729 e. The summed E-state index contributed by atoms with van der Waals surface area (Å²) in [6.07, 6.45) is 1.23. The van der Waals surface area contributed by atoms with Gasteiger partial charge in [0.15, 0.2) is 0 Å². The van der Waals surface area contributed by atoms with E-state index in [1.54, 1.807) is 0 Å². The van der Waals surface area contributed by atoms with E-state index in [4.69, 9.17) is 0 Å². The molecular formula is C9H24N2. The largest absolute Gasteiger partial charge is 0.320 e. The molecular weight excluding hydrogens is 136 g/mol. The third-order valence-corrected chi connectivity index (χ3v) is 1.69. The minimum absolute atomic E-state index is 0.692. The van der Waals surface area contributed by atoms with E-state index in [9.17, 15) is 0 Å². The summed E-state index contributed by atoms with van der Waals surface area (Å²) in [5.41, 5.74) is 0. The van der Waals surface area contributed by atoms with E-state index in [-0.39, 0.29) is 0 Å². The molecule has 0 aliphatic carbocycles. The van der Waals surface area contributed by atoms with Crippen molar-refractivity contribution in [3.05, 3.63) is 0 Å². The maximum absolute atomic E-state index is 3.13. The van der Waals surface area contributed by atoms with Gasteiger partial charge >= 0.3 is 0 Å². The van der Waals surface area contributed by atoms with Crippen molar-refractivity contribution >= 4 is 0 Å². The average molecular weight is 160 g/mol. The summed E-state index contributed by atoms with van der Waals surface area (Å²) in [7, 11) is 6.21. The van der Waals surface area contributed by atoms with Gasteiger partial charge in [0.1, 0.15) is 0 Å². The summed E-state index contributed by atoms with van der Waals surface area (Å²) in [5, 5.41) is 3.13. The van der Waals surface area contributed by atoms with Gasteiger partial charge in [-0.05, 0) is 41.0 Å². The molecule has 0 heterocycles. The van der Waals surface area contributed by atoms with Crippen molar-refractivity contribution < 1.29 is 0 Å². The fraction of sp³-hybridized carbons (Fsp3) is 1.00. The molecule has 0 aliphatic rings. The van der Waals surface area contributed by atoms with Crippen LogP contribution < -0.4 is 5.32 Å². The maximum atomic E-state index is 3.13. The second-order valence-corrected chi connectivity index (χ2v) is 2.70. The normalized spacial score (nSPS) is 12.3. The van der Waals surface area contributed by atoms with Crippen LogP contribution in [0.2, 0.25) is 0 Å². The molecule has 2 nitrogen and oxygen atoms in total. The second kappa shape index (κ2) is 9.92. The highest BCUT2D eigenvalue weighted by molar-refractivity contribution is 4.59. The smallest absolute Gasteiger partial charge is 0.00729 e. The van der Waals surface area contributed by atoms with Crippen LogP contribution in [-0.4, -0.2) is 38.6 Å². The van der Waals surface area contributed by atoms with Gasteiger partial charge in [0, 0.05) is 6.04 Å². The minimum atomic E-state index is 0.692. The molecule has 1 unspecified atom stereocenters. The SMILES string of the molecule is CC.CNCCC(C)N(C)C. The fourth-order valence-electron chi connectivity index (χ4n) is 0.611. The van der Waals surface area contributed by atoms with Gasteiger partial charge in [-0.2, -0.15) is 0 Å². The van der Waals surface area contributed by atoms with Crippen LogP contribution in [0.1, 0.15) is 27.2 Å². The minimum Gasteiger partial charge on any atom is -0.320 e. The zero-order valence-electron chi connectivity index (χ0n) is 8.94. The Balaban J connectivity index is 0. The molecule has 11 heavy (non-hydrogen) atoms. The van der Waals surface area contributed by atoms with E-state index in [2.05, 4.69) is 31.2 Å². The molecule has 0 amide bonds. The second-order valence-electron chi connectivity index (χ2n) is 2.70. The predicted molar refractivity (Wildman–Crippen MR) is 53.0 cm³/mol. The number of nitrogens with zero attached hydrogens (tertiary/aromatic N) is 1. The Labute approximate surface area is 72.0 Å². The average Bonchev–Trinajstić information content (AvgIpc) is 2.03. The lowest BCUT2D eigenvalue weighted by Gasteiger charge is -2.18. The van der Waals surface area contributed by atoms with Crippen LogP contribution >= 0.6 is 0 Å². The first kappa shape index (κ1) is 13.5. The van der Waals surface area contributed by atoms with Gasteiger partial charge in [0.25, 0.3) is 0 Å². The van der Waals surface area contributed by atoms with Gasteiger partial charge in [0.2, 0.25) is 0 Å². The van der Waals surface area contributed by atoms with Crippen molar-refractivity contribution in [2.24, 2.45) is 0 Å². The van der Waals surface area contributed by atoms with Gasteiger partial charge < -0.3 is 10.2 Å². The summed E-state index contributed by atoms with van der Waals surface area (Å²) >= 11 is 0. The van der Waals surface area contributed by atoms with Crippen LogP contribution in [0, 0.1) is 0 Å². The van der Waals surface area contributed by atoms with E-state index >= 15 is 0 Å². The fourth-order valence-corrected chi connectivity index (χ4v) is 0.611. The van der Waals surface area contributed by atoms with Crippen LogP contribution in [0.3, 0.4) is 0 Å². The Kier molecular flexibility index (Phi) is 12.2. The van der Waals surface area contributed by atoms with Gasteiger partial charge in [-0.15, -0.1) is 0 Å². The van der Waals surface area contributed by atoms with E-state index < -0.39 is 0 Å². The van der Waals surface area contributed by atoms with Crippen LogP contribution in [0.25, 0.3) is 0 Å². The molecule has 0 radical (unpaired) electrons. The molecule has 0 aliphatic heterocycles. The first-order valence-corrected chi connectivity index (χ1v) is 4.49. The number of rotatable bonds is 4. The monoisotopic (exact) mass is 160 g/mol. The van der Waals surface area contributed by atoms with E-state index in [1.807, 2.05) is 20.9 Å². The molecule has 0 aromatic carbocycles. The molecule has 0 saturated carbocycles. The quantitative estimate of drug-likeness (QED) is 0.671.